The molecule has 0 radical (unpaired) electrons. The molecule has 0 aliphatic carbocycles. The van der Waals surface area contributed by atoms with Crippen molar-refractivity contribution in [3.8, 4) is 0 Å². The van der Waals surface area contributed by atoms with Crippen molar-refractivity contribution in [3.05, 3.63) is 0 Å². The van der Waals surface area contributed by atoms with Gasteiger partial charge in [-0.25, -0.2) is 4.79 Å². The van der Waals surface area contributed by atoms with Crippen molar-refractivity contribution in [2.45, 2.75) is 26.2 Å². The molecule has 0 aromatic carbocycles. The smallest absolute Gasteiger partial charge is 0.320 e. The van der Waals surface area contributed by atoms with Crippen molar-refractivity contribution >= 4 is 11.9 Å². The number of carbonyl (C=O) groups is 2. The SMILES string of the molecule is CC1CCN(C(=O)N2CCC(C(N)=O)CC2)C1. The molecule has 0 bridgehead atoms. The zero-order valence-corrected chi connectivity index (χ0v) is 10.4. The third-order valence-electron chi connectivity index (χ3n) is 3.86. The van der Waals surface area contributed by atoms with Gasteiger partial charge in [0, 0.05) is 32.1 Å². The van der Waals surface area contributed by atoms with E-state index in [1.165, 1.54) is 0 Å². The second-order valence-corrected chi connectivity index (χ2v) is 5.29. The third kappa shape index (κ3) is 2.70. The van der Waals surface area contributed by atoms with Crippen molar-refractivity contribution in [1.29, 1.82) is 0 Å². The van der Waals surface area contributed by atoms with Crippen LogP contribution in [0.2, 0.25) is 0 Å². The first kappa shape index (κ1) is 12.2. The molecule has 5 heteroatoms. The average Bonchev–Trinajstić information content (AvgIpc) is 2.75. The highest BCUT2D eigenvalue weighted by atomic mass is 16.2. The molecular weight excluding hydrogens is 218 g/mol. The largest absolute Gasteiger partial charge is 0.369 e. The van der Waals surface area contributed by atoms with E-state index in [4.69, 9.17) is 5.73 Å². The lowest BCUT2D eigenvalue weighted by Gasteiger charge is -2.33. The fraction of sp³-hybridized carbons (Fsp3) is 0.833. The summed E-state index contributed by atoms with van der Waals surface area (Å²) in [6, 6.07) is 0.136. The first-order chi connectivity index (χ1) is 8.08. The van der Waals surface area contributed by atoms with Crippen LogP contribution >= 0.6 is 0 Å². The number of hydrogen-bond acceptors (Lipinski definition) is 2. The van der Waals surface area contributed by atoms with Crippen LogP contribution in [0.1, 0.15) is 26.2 Å². The topological polar surface area (TPSA) is 66.6 Å². The zero-order valence-electron chi connectivity index (χ0n) is 10.4. The number of primary amides is 1. The van der Waals surface area contributed by atoms with Crippen molar-refractivity contribution in [3.63, 3.8) is 0 Å². The van der Waals surface area contributed by atoms with Crippen LogP contribution in [0.25, 0.3) is 0 Å². The predicted octanol–water partition coefficient (Wildman–Crippen LogP) is 0.646. The lowest BCUT2D eigenvalue weighted by Crippen LogP contribution is -2.47. The summed E-state index contributed by atoms with van der Waals surface area (Å²) < 4.78 is 0. The molecule has 0 aromatic rings. The Morgan fingerprint density at radius 1 is 1.06 bits per heavy atom. The summed E-state index contributed by atoms with van der Waals surface area (Å²) in [5, 5.41) is 0. The number of piperidine rings is 1. The van der Waals surface area contributed by atoms with Gasteiger partial charge >= 0.3 is 6.03 Å². The van der Waals surface area contributed by atoms with E-state index in [2.05, 4.69) is 6.92 Å². The van der Waals surface area contributed by atoms with Gasteiger partial charge in [0.25, 0.3) is 0 Å². The van der Waals surface area contributed by atoms with Gasteiger partial charge in [-0.2, -0.15) is 0 Å². The number of urea groups is 1. The summed E-state index contributed by atoms with van der Waals surface area (Å²) in [7, 11) is 0. The van der Waals surface area contributed by atoms with Gasteiger partial charge in [0.1, 0.15) is 0 Å². The molecule has 1 unspecified atom stereocenters. The van der Waals surface area contributed by atoms with Gasteiger partial charge in [-0.1, -0.05) is 6.92 Å². The van der Waals surface area contributed by atoms with Gasteiger partial charge in [0.05, 0.1) is 0 Å². The van der Waals surface area contributed by atoms with Crippen LogP contribution in [0.15, 0.2) is 0 Å². The summed E-state index contributed by atoms with van der Waals surface area (Å²) in [6.45, 7) is 5.24. The van der Waals surface area contributed by atoms with E-state index in [1.807, 2.05) is 9.80 Å². The Balaban J connectivity index is 1.84. The molecule has 3 amide bonds. The number of nitrogens with two attached hydrogens (primary N) is 1. The second kappa shape index (κ2) is 4.94. The van der Waals surface area contributed by atoms with Gasteiger partial charge in [0.15, 0.2) is 0 Å². The van der Waals surface area contributed by atoms with E-state index in [9.17, 15) is 9.59 Å². The minimum Gasteiger partial charge on any atom is -0.369 e. The van der Waals surface area contributed by atoms with E-state index < -0.39 is 0 Å². The maximum absolute atomic E-state index is 12.2. The lowest BCUT2D eigenvalue weighted by molar-refractivity contribution is -0.123. The Kier molecular flexibility index (Phi) is 3.54. The van der Waals surface area contributed by atoms with Crippen LogP contribution in [0.3, 0.4) is 0 Å². The van der Waals surface area contributed by atoms with Crippen molar-refractivity contribution in [2.75, 3.05) is 26.2 Å². The predicted molar refractivity (Wildman–Crippen MR) is 64.2 cm³/mol. The molecule has 2 aliphatic heterocycles. The number of nitrogens with zero attached hydrogens (tertiary/aromatic N) is 2. The van der Waals surface area contributed by atoms with Crippen LogP contribution in [-0.2, 0) is 4.79 Å². The number of carbonyl (C=O) groups excluding carboxylic acids is 2. The molecule has 0 spiro atoms. The van der Waals surface area contributed by atoms with Gasteiger partial charge in [-0.15, -0.1) is 0 Å². The van der Waals surface area contributed by atoms with E-state index in [1.54, 1.807) is 0 Å². The normalized spacial score (nSPS) is 26.3. The molecule has 0 aromatic heterocycles. The molecule has 96 valence electrons. The second-order valence-electron chi connectivity index (χ2n) is 5.29. The quantitative estimate of drug-likeness (QED) is 0.730. The standard InChI is InChI=1S/C12H21N3O2/c1-9-2-5-15(8-9)12(17)14-6-3-10(4-7-14)11(13)16/h9-10H,2-8H2,1H3,(H2,13,16). The summed E-state index contributed by atoms with van der Waals surface area (Å²) in [4.78, 5) is 27.0. The monoisotopic (exact) mass is 239 g/mol. The highest BCUT2D eigenvalue weighted by molar-refractivity contribution is 5.78. The fourth-order valence-corrected chi connectivity index (χ4v) is 2.66. The van der Waals surface area contributed by atoms with Crippen LogP contribution < -0.4 is 5.73 Å². The number of hydrogen-bond donors (Lipinski definition) is 1. The minimum absolute atomic E-state index is 0.0449. The van der Waals surface area contributed by atoms with Crippen LogP contribution in [0.5, 0.6) is 0 Å². The van der Waals surface area contributed by atoms with Crippen molar-refractivity contribution < 1.29 is 9.59 Å². The third-order valence-corrected chi connectivity index (χ3v) is 3.86. The summed E-state index contributed by atoms with van der Waals surface area (Å²) in [6.07, 6.45) is 2.53. The van der Waals surface area contributed by atoms with E-state index in [0.717, 1.165) is 19.5 Å². The van der Waals surface area contributed by atoms with Gasteiger partial charge in [0.2, 0.25) is 5.91 Å². The fourth-order valence-electron chi connectivity index (χ4n) is 2.66. The maximum atomic E-state index is 12.2. The molecule has 2 saturated heterocycles. The van der Waals surface area contributed by atoms with Crippen LogP contribution in [-0.4, -0.2) is 47.9 Å². The molecule has 2 heterocycles. The lowest BCUT2D eigenvalue weighted by atomic mass is 9.96. The average molecular weight is 239 g/mol. The first-order valence-corrected chi connectivity index (χ1v) is 6.41. The Hall–Kier alpha value is -1.26. The highest BCUT2D eigenvalue weighted by Gasteiger charge is 2.31. The highest BCUT2D eigenvalue weighted by Crippen LogP contribution is 2.21. The molecule has 1 atom stereocenters. The number of likely N-dealkylation sites (tertiary alicyclic amines) is 2. The maximum Gasteiger partial charge on any atom is 0.320 e. The minimum atomic E-state index is -0.230. The number of rotatable bonds is 1. The zero-order chi connectivity index (χ0) is 12.4. The molecule has 5 nitrogen and oxygen atoms in total. The van der Waals surface area contributed by atoms with E-state index in [-0.39, 0.29) is 17.9 Å². The first-order valence-electron chi connectivity index (χ1n) is 6.41. The van der Waals surface area contributed by atoms with Crippen LogP contribution in [0.4, 0.5) is 4.79 Å². The summed E-state index contributed by atoms with van der Waals surface area (Å²) in [5.74, 6) is 0.338. The molecular formula is C12H21N3O2. The van der Waals surface area contributed by atoms with Gasteiger partial charge in [-0.3, -0.25) is 4.79 Å². The molecule has 2 aliphatic rings. The van der Waals surface area contributed by atoms with Crippen molar-refractivity contribution in [1.82, 2.24) is 9.80 Å². The Morgan fingerprint density at radius 3 is 2.12 bits per heavy atom. The van der Waals surface area contributed by atoms with Crippen molar-refractivity contribution in [2.24, 2.45) is 17.6 Å². The van der Waals surface area contributed by atoms with Gasteiger partial charge in [-0.05, 0) is 25.2 Å². The van der Waals surface area contributed by atoms with Gasteiger partial charge < -0.3 is 15.5 Å². The molecule has 2 fully saturated rings. The van der Waals surface area contributed by atoms with E-state index in [0.29, 0.717) is 31.8 Å². The Labute approximate surface area is 102 Å². The summed E-state index contributed by atoms with van der Waals surface area (Å²) >= 11 is 0. The molecule has 2 rings (SSSR count). The molecule has 2 N–H and O–H groups in total. The Bertz CT molecular complexity index is 311. The van der Waals surface area contributed by atoms with Crippen LogP contribution in [0, 0.1) is 11.8 Å². The number of amides is 3. The molecule has 17 heavy (non-hydrogen) atoms. The Morgan fingerprint density at radius 2 is 1.65 bits per heavy atom. The summed E-state index contributed by atoms with van der Waals surface area (Å²) in [5.41, 5.74) is 5.28. The van der Waals surface area contributed by atoms with E-state index >= 15 is 0 Å². The molecule has 0 saturated carbocycles.